The maximum absolute atomic E-state index is 13.4. The average molecular weight is 404 g/mol. The van der Waals surface area contributed by atoms with Crippen LogP contribution in [0.1, 0.15) is 22.5 Å². The summed E-state index contributed by atoms with van der Waals surface area (Å²) in [4.78, 5) is 18.2. The number of H-pyrrole nitrogens is 1. The molecule has 7 heteroatoms. The van der Waals surface area contributed by atoms with Gasteiger partial charge in [0.1, 0.15) is 5.82 Å². The minimum Gasteiger partial charge on any atom is -0.444 e. The lowest BCUT2D eigenvalue weighted by atomic mass is 10.1. The van der Waals surface area contributed by atoms with E-state index in [0.29, 0.717) is 23.6 Å². The van der Waals surface area contributed by atoms with Crippen LogP contribution in [0.3, 0.4) is 0 Å². The summed E-state index contributed by atoms with van der Waals surface area (Å²) in [6.45, 7) is 0.608. The Kier molecular flexibility index (Phi) is 5.70. The number of nitrogens with zero attached hydrogens (tertiary/aromatic N) is 3. The zero-order valence-electron chi connectivity index (χ0n) is 16.5. The summed E-state index contributed by atoms with van der Waals surface area (Å²) in [7, 11) is 1.79. The van der Waals surface area contributed by atoms with Gasteiger partial charge in [-0.3, -0.25) is 9.89 Å². The highest BCUT2D eigenvalue weighted by Gasteiger charge is 2.13. The number of benzene rings is 2. The van der Waals surface area contributed by atoms with E-state index in [1.807, 2.05) is 24.3 Å². The SMILES string of the molecule is CN(CCCc1cc(-c2cccc(F)c2)n[nH]1)C(=O)c1ccc(-c2cnco2)cc1. The van der Waals surface area contributed by atoms with E-state index in [0.717, 1.165) is 29.7 Å². The van der Waals surface area contributed by atoms with Gasteiger partial charge in [0.2, 0.25) is 0 Å². The van der Waals surface area contributed by atoms with Gasteiger partial charge in [-0.1, -0.05) is 24.3 Å². The van der Waals surface area contributed by atoms with E-state index in [2.05, 4.69) is 15.2 Å². The van der Waals surface area contributed by atoms with Gasteiger partial charge in [-0.25, -0.2) is 9.37 Å². The number of aromatic nitrogens is 3. The van der Waals surface area contributed by atoms with Crippen molar-refractivity contribution in [3.05, 3.63) is 84.3 Å². The summed E-state index contributed by atoms with van der Waals surface area (Å²) in [5.74, 6) is 0.342. The Morgan fingerprint density at radius 1 is 1.13 bits per heavy atom. The molecule has 0 aliphatic rings. The lowest BCUT2D eigenvalue weighted by molar-refractivity contribution is 0.0793. The molecule has 0 spiro atoms. The second-order valence-electron chi connectivity index (χ2n) is 7.06. The molecule has 2 heterocycles. The molecule has 2 aromatic carbocycles. The Morgan fingerprint density at radius 2 is 1.97 bits per heavy atom. The normalized spacial score (nSPS) is 10.9. The standard InChI is InChI=1S/C23H21FN4O2/c1-28(23(29)17-9-7-16(8-10-17)22-14-25-15-30-22)11-3-6-20-13-21(27-26-20)18-4-2-5-19(24)12-18/h2,4-5,7-10,12-15H,3,6,11H2,1H3,(H,26,27). The van der Waals surface area contributed by atoms with Gasteiger partial charge in [-0.15, -0.1) is 0 Å². The molecule has 0 aliphatic heterocycles. The van der Waals surface area contributed by atoms with Crippen LogP contribution >= 0.6 is 0 Å². The van der Waals surface area contributed by atoms with E-state index in [4.69, 9.17) is 4.42 Å². The Morgan fingerprint density at radius 3 is 2.70 bits per heavy atom. The Labute approximate surface area is 173 Å². The summed E-state index contributed by atoms with van der Waals surface area (Å²) < 4.78 is 18.6. The van der Waals surface area contributed by atoms with Gasteiger partial charge >= 0.3 is 0 Å². The zero-order chi connectivity index (χ0) is 20.9. The van der Waals surface area contributed by atoms with Crippen molar-refractivity contribution < 1.29 is 13.6 Å². The van der Waals surface area contributed by atoms with Crippen LogP contribution in [0.4, 0.5) is 4.39 Å². The highest BCUT2D eigenvalue weighted by molar-refractivity contribution is 5.94. The van der Waals surface area contributed by atoms with Gasteiger partial charge in [0.25, 0.3) is 5.91 Å². The number of carbonyl (C=O) groups is 1. The van der Waals surface area contributed by atoms with Gasteiger partial charge in [0, 0.05) is 36.0 Å². The van der Waals surface area contributed by atoms with Crippen molar-refractivity contribution in [3.63, 3.8) is 0 Å². The van der Waals surface area contributed by atoms with Crippen molar-refractivity contribution in [2.45, 2.75) is 12.8 Å². The fourth-order valence-corrected chi connectivity index (χ4v) is 3.25. The van der Waals surface area contributed by atoms with E-state index in [1.54, 1.807) is 36.3 Å². The average Bonchev–Trinajstić information content (AvgIpc) is 3.46. The summed E-state index contributed by atoms with van der Waals surface area (Å²) in [6, 6.07) is 15.5. The fraction of sp³-hybridized carbons (Fsp3) is 0.174. The quantitative estimate of drug-likeness (QED) is 0.489. The first-order chi connectivity index (χ1) is 14.6. The van der Waals surface area contributed by atoms with Gasteiger partial charge in [0.05, 0.1) is 11.9 Å². The van der Waals surface area contributed by atoms with Crippen molar-refractivity contribution in [2.24, 2.45) is 0 Å². The van der Waals surface area contributed by atoms with Crippen molar-refractivity contribution in [2.75, 3.05) is 13.6 Å². The van der Waals surface area contributed by atoms with Crippen molar-refractivity contribution in [1.82, 2.24) is 20.1 Å². The van der Waals surface area contributed by atoms with Crippen LogP contribution in [-0.2, 0) is 6.42 Å². The van der Waals surface area contributed by atoms with Crippen molar-refractivity contribution in [3.8, 4) is 22.6 Å². The molecule has 4 aromatic rings. The number of aromatic amines is 1. The number of carbonyl (C=O) groups excluding carboxylic acids is 1. The molecule has 1 N–H and O–H groups in total. The summed E-state index contributed by atoms with van der Waals surface area (Å²) in [6.07, 6.45) is 4.54. The first kappa shape index (κ1) is 19.6. The number of oxazole rings is 1. The predicted octanol–water partition coefficient (Wildman–Crippen LogP) is 4.58. The second kappa shape index (κ2) is 8.73. The first-order valence-electron chi connectivity index (χ1n) is 9.65. The molecule has 0 saturated carbocycles. The highest BCUT2D eigenvalue weighted by Crippen LogP contribution is 2.20. The summed E-state index contributed by atoms with van der Waals surface area (Å²) >= 11 is 0. The fourth-order valence-electron chi connectivity index (χ4n) is 3.25. The number of halogens is 1. The largest absolute Gasteiger partial charge is 0.444 e. The van der Waals surface area contributed by atoms with Crippen LogP contribution in [0.15, 0.2) is 71.6 Å². The van der Waals surface area contributed by atoms with E-state index in [1.165, 1.54) is 18.5 Å². The number of hydrogen-bond acceptors (Lipinski definition) is 4. The van der Waals surface area contributed by atoms with Crippen LogP contribution in [0.25, 0.3) is 22.6 Å². The molecule has 0 unspecified atom stereocenters. The zero-order valence-corrected chi connectivity index (χ0v) is 16.5. The third-order valence-corrected chi connectivity index (χ3v) is 4.89. The van der Waals surface area contributed by atoms with Crippen LogP contribution in [0.5, 0.6) is 0 Å². The van der Waals surface area contributed by atoms with Gasteiger partial charge in [-0.05, 0) is 43.2 Å². The third kappa shape index (κ3) is 4.46. The molecule has 2 aromatic heterocycles. The monoisotopic (exact) mass is 404 g/mol. The number of hydrogen-bond donors (Lipinski definition) is 1. The number of nitrogens with one attached hydrogen (secondary N) is 1. The molecular formula is C23H21FN4O2. The summed E-state index contributed by atoms with van der Waals surface area (Å²) in [5, 5.41) is 7.24. The minimum absolute atomic E-state index is 0.0378. The van der Waals surface area contributed by atoms with E-state index < -0.39 is 0 Å². The maximum atomic E-state index is 13.4. The van der Waals surface area contributed by atoms with E-state index >= 15 is 0 Å². The molecular weight excluding hydrogens is 383 g/mol. The third-order valence-electron chi connectivity index (χ3n) is 4.89. The van der Waals surface area contributed by atoms with E-state index in [-0.39, 0.29) is 11.7 Å². The molecule has 6 nitrogen and oxygen atoms in total. The minimum atomic E-state index is -0.286. The molecule has 0 fully saturated rings. The van der Waals surface area contributed by atoms with Gasteiger partial charge < -0.3 is 9.32 Å². The lowest BCUT2D eigenvalue weighted by Crippen LogP contribution is -2.28. The Bertz CT molecular complexity index is 1120. The van der Waals surface area contributed by atoms with Crippen molar-refractivity contribution in [1.29, 1.82) is 0 Å². The number of rotatable bonds is 7. The van der Waals surface area contributed by atoms with Crippen molar-refractivity contribution >= 4 is 5.91 Å². The molecule has 0 aliphatic carbocycles. The van der Waals surface area contributed by atoms with Crippen LogP contribution < -0.4 is 0 Å². The van der Waals surface area contributed by atoms with Crippen LogP contribution in [0, 0.1) is 5.82 Å². The second-order valence-corrected chi connectivity index (χ2v) is 7.06. The van der Waals surface area contributed by atoms with Crippen LogP contribution in [0.2, 0.25) is 0 Å². The molecule has 0 radical (unpaired) electrons. The molecule has 0 saturated heterocycles. The molecule has 0 atom stereocenters. The molecule has 30 heavy (non-hydrogen) atoms. The number of aryl methyl sites for hydroxylation is 1. The smallest absolute Gasteiger partial charge is 0.253 e. The maximum Gasteiger partial charge on any atom is 0.253 e. The topological polar surface area (TPSA) is 75.0 Å². The Hall–Kier alpha value is -3.74. The molecule has 1 amide bonds. The number of amides is 1. The van der Waals surface area contributed by atoms with Gasteiger partial charge in [0.15, 0.2) is 12.2 Å². The predicted molar refractivity (Wildman–Crippen MR) is 111 cm³/mol. The Balaban J connectivity index is 1.30. The molecule has 152 valence electrons. The van der Waals surface area contributed by atoms with Crippen LogP contribution in [-0.4, -0.2) is 39.6 Å². The van der Waals surface area contributed by atoms with E-state index in [9.17, 15) is 9.18 Å². The first-order valence-corrected chi connectivity index (χ1v) is 9.65. The summed E-state index contributed by atoms with van der Waals surface area (Å²) in [5.41, 5.74) is 3.89. The molecule has 4 rings (SSSR count). The van der Waals surface area contributed by atoms with Gasteiger partial charge in [-0.2, -0.15) is 5.10 Å². The lowest BCUT2D eigenvalue weighted by Gasteiger charge is -2.17. The molecule has 0 bridgehead atoms. The highest BCUT2D eigenvalue weighted by atomic mass is 19.1.